The van der Waals surface area contributed by atoms with Crippen LogP contribution in [0.4, 0.5) is 5.69 Å². The molecule has 4 rings (SSSR count). The van der Waals surface area contributed by atoms with Gasteiger partial charge in [0.15, 0.2) is 0 Å². The van der Waals surface area contributed by atoms with Crippen LogP contribution in [0.25, 0.3) is 10.9 Å². The van der Waals surface area contributed by atoms with Gasteiger partial charge in [-0.3, -0.25) is 9.52 Å². The van der Waals surface area contributed by atoms with Crippen LogP contribution >= 0.6 is 11.6 Å². The molecule has 1 aromatic heterocycles. The van der Waals surface area contributed by atoms with Crippen molar-refractivity contribution in [2.75, 3.05) is 31.0 Å². The molecule has 9 heteroatoms. The number of hydrogen-bond acceptors (Lipinski definition) is 4. The zero-order chi connectivity index (χ0) is 20.6. The third-order valence-corrected chi connectivity index (χ3v) is 6.87. The van der Waals surface area contributed by atoms with Crippen molar-refractivity contribution in [1.29, 1.82) is 0 Å². The second-order valence-electron chi connectivity index (χ2n) is 6.79. The maximum atomic E-state index is 13.1. The largest absolute Gasteiger partial charge is 0.378 e. The summed E-state index contributed by atoms with van der Waals surface area (Å²) < 4.78 is 34.2. The number of nitrogens with zero attached hydrogens (tertiary/aromatic N) is 1. The molecule has 2 N–H and O–H groups in total. The number of sulfonamides is 1. The highest BCUT2D eigenvalue weighted by Gasteiger charge is 2.28. The Hall–Kier alpha value is -2.55. The van der Waals surface area contributed by atoms with Crippen LogP contribution in [0, 0.1) is 6.92 Å². The monoisotopic (exact) mass is 433 g/mol. The highest BCUT2D eigenvalue weighted by molar-refractivity contribution is 7.92. The summed E-state index contributed by atoms with van der Waals surface area (Å²) in [5.74, 6) is -0.273. The molecule has 0 aliphatic carbocycles. The topological polar surface area (TPSA) is 91.5 Å². The zero-order valence-corrected chi connectivity index (χ0v) is 17.3. The van der Waals surface area contributed by atoms with Crippen molar-refractivity contribution in [1.82, 2.24) is 9.88 Å². The molecule has 1 fully saturated rings. The van der Waals surface area contributed by atoms with E-state index in [0.29, 0.717) is 47.8 Å². The number of rotatable bonds is 4. The standard InChI is InChI=1S/C20H20ClN3O4S/c1-13-15(21)6-4-8-17(13)29(26,27)23-18-14-5-2-3-7-16(14)22-19(18)20(25)24-9-11-28-12-10-24/h2-8,22-23H,9-12H2,1H3. The van der Waals surface area contributed by atoms with Gasteiger partial charge in [-0.2, -0.15) is 0 Å². The summed E-state index contributed by atoms with van der Waals surface area (Å²) in [7, 11) is -3.96. The van der Waals surface area contributed by atoms with Crippen molar-refractivity contribution < 1.29 is 17.9 Å². The molecular weight excluding hydrogens is 414 g/mol. The number of aromatic nitrogens is 1. The Labute approximate surface area is 173 Å². The molecule has 0 radical (unpaired) electrons. The second kappa shape index (κ2) is 7.70. The maximum Gasteiger partial charge on any atom is 0.272 e. The van der Waals surface area contributed by atoms with Gasteiger partial charge in [-0.25, -0.2) is 8.42 Å². The minimum Gasteiger partial charge on any atom is -0.378 e. The molecule has 3 aromatic rings. The Balaban J connectivity index is 1.80. The molecule has 29 heavy (non-hydrogen) atoms. The first-order valence-electron chi connectivity index (χ1n) is 9.14. The van der Waals surface area contributed by atoms with Crippen molar-refractivity contribution in [3.05, 3.63) is 58.7 Å². The first-order chi connectivity index (χ1) is 13.9. The van der Waals surface area contributed by atoms with Gasteiger partial charge in [-0.15, -0.1) is 0 Å². The van der Waals surface area contributed by atoms with Crippen molar-refractivity contribution in [2.45, 2.75) is 11.8 Å². The lowest BCUT2D eigenvalue weighted by Gasteiger charge is -2.26. The fourth-order valence-corrected chi connectivity index (χ4v) is 4.99. The molecule has 1 amide bonds. The molecule has 2 heterocycles. The van der Waals surface area contributed by atoms with Gasteiger partial charge < -0.3 is 14.6 Å². The van der Waals surface area contributed by atoms with Gasteiger partial charge in [-0.05, 0) is 30.7 Å². The van der Waals surface area contributed by atoms with E-state index in [1.165, 1.54) is 6.07 Å². The smallest absolute Gasteiger partial charge is 0.272 e. The van der Waals surface area contributed by atoms with Gasteiger partial charge in [-0.1, -0.05) is 35.9 Å². The number of amides is 1. The average Bonchev–Trinajstić information content (AvgIpc) is 3.08. The van der Waals surface area contributed by atoms with Gasteiger partial charge in [0.25, 0.3) is 15.9 Å². The minimum atomic E-state index is -3.96. The highest BCUT2D eigenvalue weighted by atomic mass is 35.5. The van der Waals surface area contributed by atoms with Crippen LogP contribution in [-0.2, 0) is 14.8 Å². The molecule has 0 unspecified atom stereocenters. The van der Waals surface area contributed by atoms with Crippen molar-refractivity contribution >= 4 is 44.1 Å². The molecule has 0 saturated carbocycles. The number of carbonyl (C=O) groups excluding carboxylic acids is 1. The fraction of sp³-hybridized carbons (Fsp3) is 0.250. The number of aromatic amines is 1. The number of benzene rings is 2. The summed E-state index contributed by atoms with van der Waals surface area (Å²) in [6.45, 7) is 3.46. The van der Waals surface area contributed by atoms with E-state index in [0.717, 1.165) is 0 Å². The molecule has 0 atom stereocenters. The molecule has 152 valence electrons. The lowest BCUT2D eigenvalue weighted by Crippen LogP contribution is -2.41. The van der Waals surface area contributed by atoms with Crippen LogP contribution in [-0.4, -0.2) is 50.5 Å². The number of halogens is 1. The lowest BCUT2D eigenvalue weighted by molar-refractivity contribution is 0.0300. The first-order valence-corrected chi connectivity index (χ1v) is 11.0. The van der Waals surface area contributed by atoms with Gasteiger partial charge in [0, 0.05) is 29.0 Å². The predicted octanol–water partition coefficient (Wildman–Crippen LogP) is 3.40. The van der Waals surface area contributed by atoms with E-state index < -0.39 is 10.0 Å². The van der Waals surface area contributed by atoms with E-state index in [1.807, 2.05) is 6.07 Å². The number of H-pyrrole nitrogens is 1. The van der Waals surface area contributed by atoms with Gasteiger partial charge in [0.05, 0.1) is 23.8 Å². The minimum absolute atomic E-state index is 0.0695. The Morgan fingerprint density at radius 1 is 1.14 bits per heavy atom. The number of anilines is 1. The van der Waals surface area contributed by atoms with E-state index in [2.05, 4.69) is 9.71 Å². The SMILES string of the molecule is Cc1c(Cl)cccc1S(=O)(=O)Nc1c(C(=O)N2CCOCC2)[nH]c2ccccc12. The molecule has 1 saturated heterocycles. The summed E-state index contributed by atoms with van der Waals surface area (Å²) in [5, 5.41) is 0.976. The van der Waals surface area contributed by atoms with Crippen LogP contribution in [0.15, 0.2) is 47.4 Å². The van der Waals surface area contributed by atoms with Crippen LogP contribution in [0.3, 0.4) is 0 Å². The normalized spacial score (nSPS) is 14.9. The van der Waals surface area contributed by atoms with E-state index >= 15 is 0 Å². The number of ether oxygens (including phenoxy) is 1. The highest BCUT2D eigenvalue weighted by Crippen LogP contribution is 2.32. The number of nitrogens with one attached hydrogen (secondary N) is 2. The van der Waals surface area contributed by atoms with Crippen LogP contribution in [0.5, 0.6) is 0 Å². The van der Waals surface area contributed by atoms with Gasteiger partial charge in [0.1, 0.15) is 5.69 Å². The van der Waals surface area contributed by atoms with Crippen LogP contribution in [0.1, 0.15) is 16.1 Å². The summed E-state index contributed by atoms with van der Waals surface area (Å²) in [6, 6.07) is 11.9. The van der Waals surface area contributed by atoms with Crippen molar-refractivity contribution in [3.63, 3.8) is 0 Å². The summed E-state index contributed by atoms with van der Waals surface area (Å²) in [4.78, 5) is 17.9. The molecule has 0 bridgehead atoms. The third kappa shape index (κ3) is 3.71. The second-order valence-corrected chi connectivity index (χ2v) is 8.85. The van der Waals surface area contributed by atoms with E-state index in [-0.39, 0.29) is 22.2 Å². The number of morpholine rings is 1. The number of hydrogen-bond donors (Lipinski definition) is 2. The fourth-order valence-electron chi connectivity index (χ4n) is 3.40. The third-order valence-electron chi connectivity index (χ3n) is 4.96. The van der Waals surface area contributed by atoms with Gasteiger partial charge in [0.2, 0.25) is 0 Å². The van der Waals surface area contributed by atoms with E-state index in [1.54, 1.807) is 42.2 Å². The molecule has 2 aromatic carbocycles. The Morgan fingerprint density at radius 3 is 2.62 bits per heavy atom. The zero-order valence-electron chi connectivity index (χ0n) is 15.7. The van der Waals surface area contributed by atoms with Gasteiger partial charge >= 0.3 is 0 Å². The molecule has 1 aliphatic heterocycles. The van der Waals surface area contributed by atoms with Crippen molar-refractivity contribution in [2.24, 2.45) is 0 Å². The summed E-state index contributed by atoms with van der Waals surface area (Å²) in [5.41, 5.74) is 1.56. The Morgan fingerprint density at radius 2 is 1.86 bits per heavy atom. The lowest BCUT2D eigenvalue weighted by atomic mass is 10.2. The predicted molar refractivity (Wildman–Crippen MR) is 112 cm³/mol. The molecule has 7 nitrogen and oxygen atoms in total. The van der Waals surface area contributed by atoms with E-state index in [4.69, 9.17) is 16.3 Å². The van der Waals surface area contributed by atoms with Crippen molar-refractivity contribution in [3.8, 4) is 0 Å². The summed E-state index contributed by atoms with van der Waals surface area (Å²) >= 11 is 6.11. The average molecular weight is 434 g/mol. The number of carbonyl (C=O) groups is 1. The first kappa shape index (κ1) is 19.8. The Bertz CT molecular complexity index is 1180. The number of para-hydroxylation sites is 1. The quantitative estimate of drug-likeness (QED) is 0.659. The van der Waals surface area contributed by atoms with E-state index in [9.17, 15) is 13.2 Å². The molecule has 1 aliphatic rings. The van der Waals surface area contributed by atoms with Crippen LogP contribution < -0.4 is 4.72 Å². The van der Waals surface area contributed by atoms with Crippen LogP contribution in [0.2, 0.25) is 5.02 Å². The number of fused-ring (bicyclic) bond motifs is 1. The molecule has 0 spiro atoms. The molecular formula is C20H20ClN3O4S. The Kier molecular flexibility index (Phi) is 5.24. The summed E-state index contributed by atoms with van der Waals surface area (Å²) in [6.07, 6.45) is 0. The maximum absolute atomic E-state index is 13.1.